The molecule has 1 aromatic carbocycles. The highest BCUT2D eigenvalue weighted by Gasteiger charge is 2.24. The number of nitrogens with one attached hydrogen (secondary N) is 1. The molecular weight excluding hydrogens is 214 g/mol. The largest absolute Gasteiger partial charge is 0.307 e. The molecule has 0 radical (unpaired) electrons. The predicted molar refractivity (Wildman–Crippen MR) is 63.2 cm³/mol. The van der Waals surface area contributed by atoms with E-state index in [2.05, 4.69) is 25.2 Å². The van der Waals surface area contributed by atoms with Gasteiger partial charge in [-0.05, 0) is 11.6 Å². The van der Waals surface area contributed by atoms with Gasteiger partial charge in [0.25, 0.3) is 0 Å². The Morgan fingerprint density at radius 3 is 3.00 bits per heavy atom. The minimum Gasteiger partial charge on any atom is -0.307 e. The fourth-order valence-electron chi connectivity index (χ4n) is 1.75. The molecule has 1 aliphatic heterocycles. The second-order valence-corrected chi connectivity index (χ2v) is 5.28. The summed E-state index contributed by atoms with van der Waals surface area (Å²) in [5, 5.41) is 4.44. The van der Waals surface area contributed by atoms with Crippen molar-refractivity contribution in [3.05, 3.63) is 28.8 Å². The number of benzene rings is 1. The topological polar surface area (TPSA) is 12.0 Å². The second kappa shape index (κ2) is 4.13. The van der Waals surface area contributed by atoms with Crippen LogP contribution in [0.5, 0.6) is 0 Å². The van der Waals surface area contributed by atoms with Crippen LogP contribution in [0.4, 0.5) is 0 Å². The molecule has 2 rings (SSSR count). The van der Waals surface area contributed by atoms with Gasteiger partial charge in [0.1, 0.15) is 0 Å². The van der Waals surface area contributed by atoms with Crippen LogP contribution in [0.15, 0.2) is 23.1 Å². The molecule has 14 heavy (non-hydrogen) atoms. The molecule has 0 bridgehead atoms. The summed E-state index contributed by atoms with van der Waals surface area (Å²) in [6.45, 7) is 4.35. The van der Waals surface area contributed by atoms with Gasteiger partial charge in [-0.3, -0.25) is 0 Å². The summed E-state index contributed by atoms with van der Waals surface area (Å²) in [5.74, 6) is 1.09. The van der Waals surface area contributed by atoms with Crippen LogP contribution in [0.2, 0.25) is 5.02 Å². The quantitative estimate of drug-likeness (QED) is 0.830. The molecule has 1 unspecified atom stereocenters. The fourth-order valence-corrected chi connectivity index (χ4v) is 3.29. The maximum Gasteiger partial charge on any atom is 0.0545 e. The number of hydrogen-bond acceptors (Lipinski definition) is 2. The van der Waals surface area contributed by atoms with E-state index in [0.717, 1.165) is 10.8 Å². The van der Waals surface area contributed by atoms with Crippen LogP contribution < -0.4 is 5.32 Å². The molecule has 1 atom stereocenters. The van der Waals surface area contributed by atoms with Crippen LogP contribution in [0, 0.1) is 0 Å². The van der Waals surface area contributed by atoms with Crippen LogP contribution in [-0.4, -0.2) is 11.8 Å². The molecule has 1 heterocycles. The summed E-state index contributed by atoms with van der Waals surface area (Å²) in [4.78, 5) is 1.26. The third-order valence-corrected chi connectivity index (χ3v) is 3.97. The molecule has 0 amide bonds. The normalized spacial score (nSPS) is 20.1. The van der Waals surface area contributed by atoms with E-state index in [9.17, 15) is 0 Å². The molecule has 0 saturated carbocycles. The number of halogens is 1. The van der Waals surface area contributed by atoms with Gasteiger partial charge >= 0.3 is 0 Å². The first-order valence-electron chi connectivity index (χ1n) is 4.85. The lowest BCUT2D eigenvalue weighted by Gasteiger charge is -2.16. The molecule has 0 spiro atoms. The number of thioether (sulfide) groups is 1. The first-order chi connectivity index (χ1) is 6.68. The Labute approximate surface area is 94.2 Å². The molecule has 0 saturated heterocycles. The minimum absolute atomic E-state index is 0.466. The van der Waals surface area contributed by atoms with Crippen LogP contribution >= 0.6 is 23.4 Å². The highest BCUT2D eigenvalue weighted by molar-refractivity contribution is 7.99. The maximum atomic E-state index is 6.12. The van der Waals surface area contributed by atoms with Gasteiger partial charge in [0.2, 0.25) is 0 Å². The molecule has 3 heteroatoms. The van der Waals surface area contributed by atoms with Gasteiger partial charge in [-0.25, -0.2) is 0 Å². The highest BCUT2D eigenvalue weighted by Crippen LogP contribution is 2.42. The van der Waals surface area contributed by atoms with Crippen molar-refractivity contribution in [3.63, 3.8) is 0 Å². The first-order valence-corrected chi connectivity index (χ1v) is 6.22. The average molecular weight is 228 g/mol. The lowest BCUT2D eigenvalue weighted by Crippen LogP contribution is -2.27. The lowest BCUT2D eigenvalue weighted by molar-refractivity contribution is 0.513. The van der Waals surface area contributed by atoms with Crippen molar-refractivity contribution in [3.8, 4) is 0 Å². The zero-order valence-electron chi connectivity index (χ0n) is 8.38. The van der Waals surface area contributed by atoms with Crippen molar-refractivity contribution in [1.82, 2.24) is 5.32 Å². The predicted octanol–water partition coefficient (Wildman–Crippen LogP) is 3.48. The van der Waals surface area contributed by atoms with Gasteiger partial charge in [0, 0.05) is 22.7 Å². The molecular formula is C11H14ClNS. The summed E-state index contributed by atoms with van der Waals surface area (Å²) >= 11 is 7.97. The Balaban J connectivity index is 2.26. The van der Waals surface area contributed by atoms with Crippen LogP contribution in [0.1, 0.15) is 25.5 Å². The van der Waals surface area contributed by atoms with E-state index in [1.54, 1.807) is 0 Å². The van der Waals surface area contributed by atoms with E-state index in [4.69, 9.17) is 11.6 Å². The molecule has 1 N–H and O–H groups in total. The van der Waals surface area contributed by atoms with Crippen LogP contribution in [-0.2, 0) is 0 Å². The van der Waals surface area contributed by atoms with Crippen LogP contribution in [0.3, 0.4) is 0 Å². The van der Waals surface area contributed by atoms with Crippen molar-refractivity contribution in [2.45, 2.75) is 30.8 Å². The standard InChI is InChI=1S/C11H14ClNS/c1-7(2)13-10-6-14-11-8(10)4-3-5-9(11)12/h3-5,7,10,13H,6H2,1-2H3. The summed E-state index contributed by atoms with van der Waals surface area (Å²) in [6.07, 6.45) is 0. The Kier molecular flexibility index (Phi) is 3.05. The second-order valence-electron chi connectivity index (χ2n) is 3.84. The van der Waals surface area contributed by atoms with Gasteiger partial charge in [0.15, 0.2) is 0 Å². The molecule has 0 aromatic heterocycles. The number of hydrogen-bond donors (Lipinski definition) is 1. The van der Waals surface area contributed by atoms with E-state index in [-0.39, 0.29) is 0 Å². The zero-order chi connectivity index (χ0) is 10.1. The Bertz CT molecular complexity index is 338. The van der Waals surface area contributed by atoms with Crippen molar-refractivity contribution in [2.75, 3.05) is 5.75 Å². The van der Waals surface area contributed by atoms with E-state index in [1.807, 2.05) is 23.9 Å². The summed E-state index contributed by atoms with van der Waals surface area (Å²) < 4.78 is 0. The minimum atomic E-state index is 0.466. The Morgan fingerprint density at radius 1 is 1.50 bits per heavy atom. The summed E-state index contributed by atoms with van der Waals surface area (Å²) in [7, 11) is 0. The van der Waals surface area contributed by atoms with Gasteiger partial charge in [-0.15, -0.1) is 11.8 Å². The van der Waals surface area contributed by atoms with E-state index in [0.29, 0.717) is 12.1 Å². The molecule has 1 aromatic rings. The Morgan fingerprint density at radius 2 is 2.29 bits per heavy atom. The summed E-state index contributed by atoms with van der Waals surface area (Å²) in [5.41, 5.74) is 1.36. The monoisotopic (exact) mass is 227 g/mol. The van der Waals surface area contributed by atoms with E-state index < -0.39 is 0 Å². The molecule has 1 aliphatic rings. The molecule has 0 fully saturated rings. The highest BCUT2D eigenvalue weighted by atomic mass is 35.5. The molecule has 76 valence electrons. The molecule has 1 nitrogen and oxygen atoms in total. The zero-order valence-corrected chi connectivity index (χ0v) is 9.95. The third-order valence-electron chi connectivity index (χ3n) is 2.30. The van der Waals surface area contributed by atoms with Crippen molar-refractivity contribution in [2.24, 2.45) is 0 Å². The molecule has 0 aliphatic carbocycles. The van der Waals surface area contributed by atoms with Gasteiger partial charge in [-0.1, -0.05) is 37.6 Å². The fraction of sp³-hybridized carbons (Fsp3) is 0.455. The third kappa shape index (κ3) is 1.92. The number of fused-ring (bicyclic) bond motifs is 1. The van der Waals surface area contributed by atoms with Gasteiger partial charge in [0.05, 0.1) is 5.02 Å². The smallest absolute Gasteiger partial charge is 0.0545 e. The van der Waals surface area contributed by atoms with Crippen molar-refractivity contribution >= 4 is 23.4 Å². The maximum absolute atomic E-state index is 6.12. The Hall–Kier alpha value is -0.180. The first kappa shape index (κ1) is 10.3. The van der Waals surface area contributed by atoms with Crippen molar-refractivity contribution < 1.29 is 0 Å². The van der Waals surface area contributed by atoms with Crippen LogP contribution in [0.25, 0.3) is 0 Å². The lowest BCUT2D eigenvalue weighted by atomic mass is 10.1. The summed E-state index contributed by atoms with van der Waals surface area (Å²) in [6, 6.07) is 7.15. The van der Waals surface area contributed by atoms with Crippen molar-refractivity contribution in [1.29, 1.82) is 0 Å². The van der Waals surface area contributed by atoms with E-state index in [1.165, 1.54) is 10.5 Å². The number of rotatable bonds is 2. The SMILES string of the molecule is CC(C)NC1CSc2c(Cl)cccc21. The van der Waals surface area contributed by atoms with Gasteiger partial charge in [-0.2, -0.15) is 0 Å². The van der Waals surface area contributed by atoms with Gasteiger partial charge < -0.3 is 5.32 Å². The average Bonchev–Trinajstić information content (AvgIpc) is 2.49. The van der Waals surface area contributed by atoms with E-state index >= 15 is 0 Å².